The molecule has 1 aromatic heterocycles. The van der Waals surface area contributed by atoms with E-state index in [4.69, 9.17) is 9.26 Å². The van der Waals surface area contributed by atoms with E-state index >= 15 is 0 Å². The molecule has 1 aliphatic rings. The molecule has 1 fully saturated rings. The van der Waals surface area contributed by atoms with E-state index in [2.05, 4.69) is 20.8 Å². The second kappa shape index (κ2) is 10.1. The van der Waals surface area contributed by atoms with Gasteiger partial charge in [-0.15, -0.1) is 12.4 Å². The van der Waals surface area contributed by atoms with Crippen LogP contribution in [0, 0.1) is 5.92 Å². The van der Waals surface area contributed by atoms with Crippen LogP contribution in [-0.4, -0.2) is 48.9 Å². The monoisotopic (exact) mass is 366 g/mol. The molecule has 25 heavy (non-hydrogen) atoms. The highest BCUT2D eigenvalue weighted by Crippen LogP contribution is 2.15. The summed E-state index contributed by atoms with van der Waals surface area (Å²) >= 11 is 0. The maximum atomic E-state index is 12.0. The third kappa shape index (κ3) is 6.12. The Bertz CT molecular complexity index is 642. The van der Waals surface area contributed by atoms with Gasteiger partial charge in [-0.3, -0.25) is 4.79 Å². The highest BCUT2D eigenvalue weighted by atomic mass is 35.5. The summed E-state index contributed by atoms with van der Waals surface area (Å²) in [5.41, 5.74) is 0.901. The topological polar surface area (TPSA) is 89.3 Å². The molecule has 1 amide bonds. The van der Waals surface area contributed by atoms with Gasteiger partial charge in [0.15, 0.2) is 0 Å². The van der Waals surface area contributed by atoms with Gasteiger partial charge in [0.05, 0.1) is 13.2 Å². The van der Waals surface area contributed by atoms with Crippen LogP contribution in [0.5, 0.6) is 0 Å². The normalized spacial score (nSPS) is 17.4. The SMILES string of the molecule is Cl.O=C(CCc1nc(-c2ccccc2)no1)NCC1CNCCOC1. The first-order valence-electron chi connectivity index (χ1n) is 8.24. The molecule has 0 saturated carbocycles. The Labute approximate surface area is 152 Å². The highest BCUT2D eigenvalue weighted by Gasteiger charge is 2.14. The molecule has 8 heteroatoms. The molecular weight excluding hydrogens is 344 g/mol. The van der Waals surface area contributed by atoms with Crippen molar-refractivity contribution in [3.05, 3.63) is 36.2 Å². The molecule has 1 saturated heterocycles. The van der Waals surface area contributed by atoms with Crippen LogP contribution in [0.1, 0.15) is 12.3 Å². The predicted octanol–water partition coefficient (Wildman–Crippen LogP) is 1.44. The highest BCUT2D eigenvalue weighted by molar-refractivity contribution is 5.85. The zero-order chi connectivity index (χ0) is 16.6. The maximum Gasteiger partial charge on any atom is 0.227 e. The molecule has 1 aromatic carbocycles. The van der Waals surface area contributed by atoms with Crippen LogP contribution >= 0.6 is 12.4 Å². The molecule has 1 atom stereocenters. The summed E-state index contributed by atoms with van der Waals surface area (Å²) in [6.07, 6.45) is 0.766. The van der Waals surface area contributed by atoms with Crippen LogP contribution in [0.25, 0.3) is 11.4 Å². The lowest BCUT2D eigenvalue weighted by atomic mass is 10.1. The lowest BCUT2D eigenvalue weighted by Gasteiger charge is -2.14. The van der Waals surface area contributed by atoms with Gasteiger partial charge in [0, 0.05) is 44.0 Å². The van der Waals surface area contributed by atoms with Crippen molar-refractivity contribution < 1.29 is 14.1 Å². The first-order valence-corrected chi connectivity index (χ1v) is 8.24. The molecule has 1 aliphatic heterocycles. The van der Waals surface area contributed by atoms with Crippen molar-refractivity contribution in [2.45, 2.75) is 12.8 Å². The standard InChI is InChI=1S/C17H22N4O3.ClH/c22-15(19-11-13-10-18-8-9-23-12-13)6-7-16-20-17(21-24-16)14-4-2-1-3-5-14;/h1-5,13,18H,6-12H2,(H,19,22);1H. The number of nitrogens with zero attached hydrogens (tertiary/aromatic N) is 2. The van der Waals surface area contributed by atoms with Gasteiger partial charge in [0.2, 0.25) is 17.6 Å². The average molecular weight is 367 g/mol. The van der Waals surface area contributed by atoms with Crippen LogP contribution < -0.4 is 10.6 Å². The number of aryl methyl sites for hydroxylation is 1. The Kier molecular flexibility index (Phi) is 7.84. The second-order valence-electron chi connectivity index (χ2n) is 5.83. The summed E-state index contributed by atoms with van der Waals surface area (Å²) in [5.74, 6) is 1.32. The largest absolute Gasteiger partial charge is 0.380 e. The Hall–Kier alpha value is -1.96. The number of rotatable bonds is 6. The van der Waals surface area contributed by atoms with Gasteiger partial charge in [-0.05, 0) is 0 Å². The third-order valence-corrected chi connectivity index (χ3v) is 3.86. The zero-order valence-electron chi connectivity index (χ0n) is 13.9. The summed E-state index contributed by atoms with van der Waals surface area (Å²) in [6.45, 7) is 3.75. The van der Waals surface area contributed by atoms with Crippen LogP contribution in [0.3, 0.4) is 0 Å². The van der Waals surface area contributed by atoms with Crippen LogP contribution in [0.2, 0.25) is 0 Å². The van der Waals surface area contributed by atoms with Crippen LogP contribution in [0.4, 0.5) is 0 Å². The van der Waals surface area contributed by atoms with Crippen molar-refractivity contribution >= 4 is 18.3 Å². The fourth-order valence-electron chi connectivity index (χ4n) is 2.52. The van der Waals surface area contributed by atoms with Crippen molar-refractivity contribution in [3.8, 4) is 11.4 Å². The van der Waals surface area contributed by atoms with Crippen molar-refractivity contribution in [1.29, 1.82) is 0 Å². The first kappa shape index (κ1) is 19.4. The fraction of sp³-hybridized carbons (Fsp3) is 0.471. The van der Waals surface area contributed by atoms with Gasteiger partial charge in [0.1, 0.15) is 0 Å². The number of halogens is 1. The molecule has 3 rings (SSSR count). The molecule has 0 radical (unpaired) electrons. The van der Waals surface area contributed by atoms with E-state index in [0.717, 1.165) is 25.3 Å². The van der Waals surface area contributed by atoms with E-state index < -0.39 is 0 Å². The minimum Gasteiger partial charge on any atom is -0.380 e. The van der Waals surface area contributed by atoms with E-state index in [9.17, 15) is 4.79 Å². The van der Waals surface area contributed by atoms with E-state index in [1.54, 1.807) is 0 Å². The lowest BCUT2D eigenvalue weighted by molar-refractivity contribution is -0.121. The van der Waals surface area contributed by atoms with Crippen molar-refractivity contribution in [2.24, 2.45) is 5.92 Å². The van der Waals surface area contributed by atoms with E-state index in [-0.39, 0.29) is 18.3 Å². The van der Waals surface area contributed by atoms with Gasteiger partial charge in [-0.2, -0.15) is 4.98 Å². The van der Waals surface area contributed by atoms with Crippen LogP contribution in [0.15, 0.2) is 34.9 Å². The lowest BCUT2D eigenvalue weighted by Crippen LogP contribution is -2.35. The molecule has 136 valence electrons. The third-order valence-electron chi connectivity index (χ3n) is 3.86. The molecule has 2 heterocycles. The molecule has 2 aromatic rings. The summed E-state index contributed by atoms with van der Waals surface area (Å²) in [4.78, 5) is 16.3. The number of nitrogens with one attached hydrogen (secondary N) is 2. The molecule has 0 aliphatic carbocycles. The molecule has 1 unspecified atom stereocenters. The molecule has 7 nitrogen and oxygen atoms in total. The second-order valence-corrected chi connectivity index (χ2v) is 5.83. The zero-order valence-corrected chi connectivity index (χ0v) is 14.8. The Morgan fingerprint density at radius 2 is 2.16 bits per heavy atom. The number of carbonyl (C=O) groups is 1. The average Bonchev–Trinajstić information content (AvgIpc) is 2.94. The van der Waals surface area contributed by atoms with Gasteiger partial charge in [0.25, 0.3) is 0 Å². The van der Waals surface area contributed by atoms with E-state index in [1.165, 1.54) is 0 Å². The molecule has 0 spiro atoms. The molecule has 0 bridgehead atoms. The first-order chi connectivity index (χ1) is 11.8. The Morgan fingerprint density at radius 1 is 1.32 bits per heavy atom. The summed E-state index contributed by atoms with van der Waals surface area (Å²) < 4.78 is 10.7. The number of aromatic nitrogens is 2. The predicted molar refractivity (Wildman–Crippen MR) is 95.5 cm³/mol. The summed E-state index contributed by atoms with van der Waals surface area (Å²) in [7, 11) is 0. The van der Waals surface area contributed by atoms with Crippen molar-refractivity contribution in [3.63, 3.8) is 0 Å². The number of hydrogen-bond donors (Lipinski definition) is 2. The van der Waals surface area contributed by atoms with Gasteiger partial charge >= 0.3 is 0 Å². The number of benzene rings is 1. The minimum atomic E-state index is -0.0151. The van der Waals surface area contributed by atoms with Crippen molar-refractivity contribution in [2.75, 3.05) is 32.8 Å². The van der Waals surface area contributed by atoms with Crippen molar-refractivity contribution in [1.82, 2.24) is 20.8 Å². The number of amides is 1. The Balaban J connectivity index is 0.00000225. The summed E-state index contributed by atoms with van der Waals surface area (Å²) in [6, 6.07) is 9.62. The quantitative estimate of drug-likeness (QED) is 0.804. The van der Waals surface area contributed by atoms with Gasteiger partial charge in [-0.25, -0.2) is 0 Å². The maximum absolute atomic E-state index is 12.0. The minimum absolute atomic E-state index is 0. The smallest absolute Gasteiger partial charge is 0.227 e. The van der Waals surface area contributed by atoms with E-state index in [1.807, 2.05) is 30.3 Å². The number of ether oxygens (including phenoxy) is 1. The summed E-state index contributed by atoms with van der Waals surface area (Å²) in [5, 5.41) is 10.2. The fourth-order valence-corrected chi connectivity index (χ4v) is 2.52. The van der Waals surface area contributed by atoms with Gasteiger partial charge in [-0.1, -0.05) is 35.5 Å². The van der Waals surface area contributed by atoms with Crippen LogP contribution in [-0.2, 0) is 16.0 Å². The number of hydrogen-bond acceptors (Lipinski definition) is 6. The Morgan fingerprint density at radius 3 is 3.00 bits per heavy atom. The van der Waals surface area contributed by atoms with E-state index in [0.29, 0.717) is 43.6 Å². The molecular formula is C17H23ClN4O3. The molecule has 2 N–H and O–H groups in total. The number of carbonyl (C=O) groups excluding carboxylic acids is 1. The van der Waals surface area contributed by atoms with Gasteiger partial charge < -0.3 is 19.9 Å².